The van der Waals surface area contributed by atoms with Gasteiger partial charge in [0.2, 0.25) is 6.79 Å². The molecule has 1 amide bonds. The molecule has 3 rings (SSSR count). The zero-order valence-corrected chi connectivity index (χ0v) is 13.5. The Hall–Kier alpha value is -2.21. The third kappa shape index (κ3) is 3.01. The standard InChI is InChI=1S/C16H14BrNO4/c1-20-11-4-2-10(3-5-11)8-18-16(19)12-6-14-15(7-13(12)17)22-9-21-14/h2-7H,8-9H2,1H3,(H,18,19). The molecule has 114 valence electrons. The topological polar surface area (TPSA) is 56.8 Å². The molecule has 1 N–H and O–H groups in total. The van der Waals surface area contributed by atoms with Crippen molar-refractivity contribution in [3.05, 3.63) is 52.0 Å². The third-order valence-electron chi connectivity index (χ3n) is 3.32. The van der Waals surface area contributed by atoms with Gasteiger partial charge in [-0.05, 0) is 45.8 Å². The minimum absolute atomic E-state index is 0.179. The number of methoxy groups -OCH3 is 1. The SMILES string of the molecule is COc1ccc(CNC(=O)c2cc3c(cc2Br)OCO3)cc1. The monoisotopic (exact) mass is 363 g/mol. The Kier molecular flexibility index (Phi) is 4.20. The summed E-state index contributed by atoms with van der Waals surface area (Å²) in [5.74, 6) is 1.82. The van der Waals surface area contributed by atoms with E-state index in [4.69, 9.17) is 14.2 Å². The van der Waals surface area contributed by atoms with Gasteiger partial charge in [0.1, 0.15) is 5.75 Å². The average molecular weight is 364 g/mol. The van der Waals surface area contributed by atoms with E-state index in [1.807, 2.05) is 24.3 Å². The van der Waals surface area contributed by atoms with E-state index in [9.17, 15) is 4.79 Å². The van der Waals surface area contributed by atoms with E-state index in [1.165, 1.54) is 0 Å². The smallest absolute Gasteiger partial charge is 0.252 e. The predicted molar refractivity (Wildman–Crippen MR) is 84.4 cm³/mol. The van der Waals surface area contributed by atoms with Crippen LogP contribution in [0.15, 0.2) is 40.9 Å². The Morgan fingerprint density at radius 1 is 1.23 bits per heavy atom. The molecule has 1 heterocycles. The predicted octanol–water partition coefficient (Wildman–Crippen LogP) is 3.12. The maximum atomic E-state index is 12.3. The van der Waals surface area contributed by atoms with Gasteiger partial charge >= 0.3 is 0 Å². The summed E-state index contributed by atoms with van der Waals surface area (Å²) in [6.45, 7) is 0.613. The first kappa shape index (κ1) is 14.7. The highest BCUT2D eigenvalue weighted by molar-refractivity contribution is 9.10. The maximum absolute atomic E-state index is 12.3. The Bertz CT molecular complexity index is 700. The summed E-state index contributed by atoms with van der Waals surface area (Å²) >= 11 is 3.38. The van der Waals surface area contributed by atoms with Crippen LogP contribution in [0.25, 0.3) is 0 Å². The maximum Gasteiger partial charge on any atom is 0.252 e. The number of fused-ring (bicyclic) bond motifs is 1. The minimum Gasteiger partial charge on any atom is -0.497 e. The molecule has 0 saturated heterocycles. The number of nitrogens with one attached hydrogen (secondary N) is 1. The second-order valence-corrected chi connectivity index (χ2v) is 5.57. The van der Waals surface area contributed by atoms with Crippen LogP contribution in [0.4, 0.5) is 0 Å². The molecule has 0 spiro atoms. The van der Waals surface area contributed by atoms with E-state index in [0.29, 0.717) is 28.1 Å². The first-order chi connectivity index (χ1) is 10.7. The number of hydrogen-bond acceptors (Lipinski definition) is 4. The lowest BCUT2D eigenvalue weighted by atomic mass is 10.1. The highest BCUT2D eigenvalue weighted by Crippen LogP contribution is 2.36. The Morgan fingerprint density at radius 3 is 2.59 bits per heavy atom. The summed E-state index contributed by atoms with van der Waals surface area (Å²) < 4.78 is 16.3. The molecule has 0 bridgehead atoms. The largest absolute Gasteiger partial charge is 0.497 e. The summed E-state index contributed by atoms with van der Waals surface area (Å²) in [7, 11) is 1.62. The Morgan fingerprint density at radius 2 is 1.91 bits per heavy atom. The number of carbonyl (C=O) groups is 1. The van der Waals surface area contributed by atoms with Gasteiger partial charge in [0.05, 0.1) is 12.7 Å². The van der Waals surface area contributed by atoms with Crippen molar-refractivity contribution in [3.8, 4) is 17.2 Å². The van der Waals surface area contributed by atoms with Gasteiger partial charge in [0.25, 0.3) is 5.91 Å². The van der Waals surface area contributed by atoms with Crippen molar-refractivity contribution in [3.63, 3.8) is 0 Å². The molecule has 0 atom stereocenters. The molecule has 6 heteroatoms. The molecule has 0 aromatic heterocycles. The van der Waals surface area contributed by atoms with Crippen molar-refractivity contribution < 1.29 is 19.0 Å². The third-order valence-corrected chi connectivity index (χ3v) is 3.98. The number of amides is 1. The lowest BCUT2D eigenvalue weighted by molar-refractivity contribution is 0.0949. The number of halogens is 1. The molecule has 0 saturated carbocycles. The molecule has 5 nitrogen and oxygen atoms in total. The number of hydrogen-bond donors (Lipinski definition) is 1. The summed E-state index contributed by atoms with van der Waals surface area (Å²) in [5, 5.41) is 2.88. The van der Waals surface area contributed by atoms with Crippen molar-refractivity contribution >= 4 is 21.8 Å². The van der Waals surface area contributed by atoms with Crippen molar-refractivity contribution in [2.75, 3.05) is 13.9 Å². The molecule has 1 aliphatic heterocycles. The van der Waals surface area contributed by atoms with Crippen LogP contribution in [0.5, 0.6) is 17.2 Å². The number of ether oxygens (including phenoxy) is 3. The van der Waals surface area contributed by atoms with Gasteiger partial charge in [-0.15, -0.1) is 0 Å². The Balaban J connectivity index is 1.69. The lowest BCUT2D eigenvalue weighted by Crippen LogP contribution is -2.23. The van der Waals surface area contributed by atoms with Crippen molar-refractivity contribution in [2.24, 2.45) is 0 Å². The van der Waals surface area contributed by atoms with Crippen LogP contribution in [0.1, 0.15) is 15.9 Å². The normalized spacial score (nSPS) is 12.1. The van der Waals surface area contributed by atoms with E-state index >= 15 is 0 Å². The molecule has 1 aliphatic rings. The first-order valence-corrected chi connectivity index (χ1v) is 7.47. The fraction of sp³-hybridized carbons (Fsp3) is 0.188. The summed E-state index contributed by atoms with van der Waals surface area (Å²) in [6, 6.07) is 11.0. The van der Waals surface area contributed by atoms with E-state index in [-0.39, 0.29) is 12.7 Å². The van der Waals surface area contributed by atoms with Crippen LogP contribution in [0.3, 0.4) is 0 Å². The van der Waals surface area contributed by atoms with E-state index in [1.54, 1.807) is 19.2 Å². The zero-order chi connectivity index (χ0) is 15.5. The van der Waals surface area contributed by atoms with Crippen molar-refractivity contribution in [1.82, 2.24) is 5.32 Å². The highest BCUT2D eigenvalue weighted by atomic mass is 79.9. The zero-order valence-electron chi connectivity index (χ0n) is 11.9. The number of carbonyl (C=O) groups excluding carboxylic acids is 1. The quantitative estimate of drug-likeness (QED) is 0.906. The molecule has 0 unspecified atom stereocenters. The molecule has 0 fully saturated rings. The van der Waals surface area contributed by atoms with Gasteiger partial charge in [0, 0.05) is 11.0 Å². The van der Waals surface area contributed by atoms with Gasteiger partial charge in [-0.25, -0.2) is 0 Å². The average Bonchev–Trinajstić information content (AvgIpc) is 2.99. The van der Waals surface area contributed by atoms with E-state index in [2.05, 4.69) is 21.2 Å². The number of rotatable bonds is 4. The minimum atomic E-state index is -0.180. The van der Waals surface area contributed by atoms with Gasteiger partial charge in [0.15, 0.2) is 11.5 Å². The van der Waals surface area contributed by atoms with E-state index < -0.39 is 0 Å². The molecular weight excluding hydrogens is 350 g/mol. The summed E-state index contributed by atoms with van der Waals surface area (Å²) in [4.78, 5) is 12.3. The van der Waals surface area contributed by atoms with Crippen LogP contribution in [0.2, 0.25) is 0 Å². The second-order valence-electron chi connectivity index (χ2n) is 4.72. The van der Waals surface area contributed by atoms with Crippen LogP contribution in [-0.2, 0) is 6.54 Å². The highest BCUT2D eigenvalue weighted by Gasteiger charge is 2.19. The van der Waals surface area contributed by atoms with Gasteiger partial charge in [-0.2, -0.15) is 0 Å². The van der Waals surface area contributed by atoms with Gasteiger partial charge in [-0.1, -0.05) is 12.1 Å². The van der Waals surface area contributed by atoms with Crippen molar-refractivity contribution in [2.45, 2.75) is 6.54 Å². The Labute approximate surface area is 136 Å². The molecule has 2 aromatic carbocycles. The van der Waals surface area contributed by atoms with Gasteiger partial charge in [-0.3, -0.25) is 4.79 Å². The fourth-order valence-corrected chi connectivity index (χ4v) is 2.61. The summed E-state index contributed by atoms with van der Waals surface area (Å²) in [5.41, 5.74) is 1.50. The van der Waals surface area contributed by atoms with E-state index in [0.717, 1.165) is 11.3 Å². The molecule has 0 aliphatic carbocycles. The van der Waals surface area contributed by atoms with Gasteiger partial charge < -0.3 is 19.5 Å². The summed E-state index contributed by atoms with van der Waals surface area (Å²) in [6.07, 6.45) is 0. The lowest BCUT2D eigenvalue weighted by Gasteiger charge is -2.08. The fourth-order valence-electron chi connectivity index (χ4n) is 2.11. The molecule has 22 heavy (non-hydrogen) atoms. The first-order valence-electron chi connectivity index (χ1n) is 6.67. The molecular formula is C16H14BrNO4. The number of benzene rings is 2. The van der Waals surface area contributed by atoms with Crippen LogP contribution in [-0.4, -0.2) is 19.8 Å². The molecule has 2 aromatic rings. The second kappa shape index (κ2) is 6.27. The van der Waals surface area contributed by atoms with Crippen LogP contribution >= 0.6 is 15.9 Å². The van der Waals surface area contributed by atoms with Crippen molar-refractivity contribution in [1.29, 1.82) is 0 Å². The van der Waals surface area contributed by atoms with Crippen LogP contribution in [0, 0.1) is 0 Å². The van der Waals surface area contributed by atoms with Crippen LogP contribution < -0.4 is 19.5 Å². The molecule has 0 radical (unpaired) electrons.